The second-order valence-electron chi connectivity index (χ2n) is 6.02. The molecule has 0 radical (unpaired) electrons. The first-order chi connectivity index (χ1) is 12.6. The van der Waals surface area contributed by atoms with Crippen molar-refractivity contribution in [1.29, 1.82) is 0 Å². The lowest BCUT2D eigenvalue weighted by Gasteiger charge is -2.24. The normalized spacial score (nSPS) is 15.9. The third-order valence-corrected chi connectivity index (χ3v) is 4.31. The number of nitrogens with one attached hydrogen (secondary N) is 2. The van der Waals surface area contributed by atoms with Gasteiger partial charge in [-0.15, -0.1) is 0 Å². The summed E-state index contributed by atoms with van der Waals surface area (Å²) < 4.78 is 15.9. The summed E-state index contributed by atoms with van der Waals surface area (Å²) >= 11 is 0. The van der Waals surface area contributed by atoms with Crippen molar-refractivity contribution in [3.05, 3.63) is 72.6 Å². The summed E-state index contributed by atoms with van der Waals surface area (Å²) in [6.45, 7) is 0. The van der Waals surface area contributed by atoms with Crippen LogP contribution in [0.4, 0.5) is 15.8 Å². The molecule has 2 aromatic carbocycles. The third kappa shape index (κ3) is 2.95. The van der Waals surface area contributed by atoms with Crippen molar-refractivity contribution in [1.82, 2.24) is 9.55 Å². The molecule has 0 saturated carbocycles. The maximum Gasteiger partial charge on any atom is 0.232 e. The second kappa shape index (κ2) is 6.44. The lowest BCUT2D eigenvalue weighted by Crippen LogP contribution is -2.30. The summed E-state index contributed by atoms with van der Waals surface area (Å²) in [5, 5.41) is 5.46. The van der Waals surface area contributed by atoms with E-state index in [1.807, 2.05) is 12.1 Å². The fourth-order valence-corrected chi connectivity index (χ4v) is 3.07. The highest BCUT2D eigenvalue weighted by Gasteiger charge is 2.30. The number of carbonyl (C=O) groups is 2. The predicted octanol–water partition coefficient (Wildman–Crippen LogP) is 3.08. The minimum Gasteiger partial charge on any atom is -0.326 e. The van der Waals surface area contributed by atoms with E-state index >= 15 is 0 Å². The summed E-state index contributed by atoms with van der Waals surface area (Å²) in [6.07, 6.45) is 4.74. The van der Waals surface area contributed by atoms with Crippen LogP contribution in [0.25, 0.3) is 5.69 Å². The molecule has 0 spiro atoms. The van der Waals surface area contributed by atoms with Crippen molar-refractivity contribution in [2.45, 2.75) is 12.3 Å². The van der Waals surface area contributed by atoms with Crippen LogP contribution in [0.2, 0.25) is 0 Å². The molecule has 26 heavy (non-hydrogen) atoms. The third-order valence-electron chi connectivity index (χ3n) is 4.31. The van der Waals surface area contributed by atoms with Gasteiger partial charge in [-0.25, -0.2) is 9.37 Å². The molecule has 0 bridgehead atoms. The van der Waals surface area contributed by atoms with Gasteiger partial charge in [0.25, 0.3) is 0 Å². The van der Waals surface area contributed by atoms with Gasteiger partial charge in [-0.1, -0.05) is 18.2 Å². The van der Waals surface area contributed by atoms with Crippen LogP contribution in [-0.4, -0.2) is 21.4 Å². The molecular weight excluding hydrogens is 335 g/mol. The minimum atomic E-state index is -0.615. The highest BCUT2D eigenvalue weighted by Crippen LogP contribution is 2.33. The monoisotopic (exact) mass is 350 g/mol. The topological polar surface area (TPSA) is 76.0 Å². The zero-order valence-electron chi connectivity index (χ0n) is 13.6. The summed E-state index contributed by atoms with van der Waals surface area (Å²) in [7, 11) is 0. The highest BCUT2D eigenvalue weighted by atomic mass is 19.1. The Morgan fingerprint density at radius 2 is 2.12 bits per heavy atom. The van der Waals surface area contributed by atoms with E-state index in [4.69, 9.17) is 0 Å². The lowest BCUT2D eigenvalue weighted by molar-refractivity contribution is -0.123. The van der Waals surface area contributed by atoms with Crippen molar-refractivity contribution in [2.24, 2.45) is 0 Å². The van der Waals surface area contributed by atoms with Gasteiger partial charge in [0.1, 0.15) is 5.82 Å². The van der Waals surface area contributed by atoms with Crippen LogP contribution < -0.4 is 10.6 Å². The molecule has 1 aromatic heterocycles. The van der Waals surface area contributed by atoms with E-state index in [0.29, 0.717) is 17.1 Å². The number of halogens is 1. The predicted molar refractivity (Wildman–Crippen MR) is 94.6 cm³/mol. The van der Waals surface area contributed by atoms with Crippen molar-refractivity contribution in [3.8, 4) is 5.69 Å². The van der Waals surface area contributed by atoms with Gasteiger partial charge in [-0.3, -0.25) is 9.59 Å². The van der Waals surface area contributed by atoms with Crippen LogP contribution in [-0.2, 0) is 9.59 Å². The standard InChI is InChI=1S/C19H15FN4O2/c20-15-9-12(5-6-17(15)24-8-7-21-11-24)22-19(26)14-10-18(25)23-16-4-2-1-3-13(14)16/h1-9,11,14H,10H2,(H,22,26)(H,23,25). The molecule has 130 valence electrons. The van der Waals surface area contributed by atoms with Crippen molar-refractivity contribution in [2.75, 3.05) is 10.6 Å². The first kappa shape index (κ1) is 16.0. The van der Waals surface area contributed by atoms with Crippen LogP contribution in [0.15, 0.2) is 61.2 Å². The Morgan fingerprint density at radius 3 is 2.88 bits per heavy atom. The number of hydrogen-bond acceptors (Lipinski definition) is 3. The van der Waals surface area contributed by atoms with Crippen molar-refractivity contribution >= 4 is 23.2 Å². The number of rotatable bonds is 3. The molecule has 0 fully saturated rings. The quantitative estimate of drug-likeness (QED) is 0.762. The summed E-state index contributed by atoms with van der Waals surface area (Å²) in [4.78, 5) is 28.4. The fourth-order valence-electron chi connectivity index (χ4n) is 3.07. The largest absolute Gasteiger partial charge is 0.326 e. The molecule has 0 aliphatic carbocycles. The van der Waals surface area contributed by atoms with Gasteiger partial charge in [-0.05, 0) is 29.8 Å². The molecule has 1 atom stereocenters. The summed E-state index contributed by atoms with van der Waals surface area (Å²) in [6, 6.07) is 11.6. The molecule has 2 heterocycles. The first-order valence-corrected chi connectivity index (χ1v) is 8.09. The van der Waals surface area contributed by atoms with E-state index in [2.05, 4.69) is 15.6 Å². The van der Waals surface area contributed by atoms with E-state index in [-0.39, 0.29) is 18.2 Å². The lowest BCUT2D eigenvalue weighted by atomic mass is 9.90. The Balaban J connectivity index is 1.57. The molecule has 4 rings (SSSR count). The number of para-hydroxylation sites is 1. The molecule has 6 nitrogen and oxygen atoms in total. The number of benzene rings is 2. The molecule has 1 unspecified atom stereocenters. The molecule has 1 aliphatic heterocycles. The highest BCUT2D eigenvalue weighted by molar-refractivity contribution is 6.05. The summed E-state index contributed by atoms with van der Waals surface area (Å²) in [5.74, 6) is -1.66. The molecule has 0 saturated heterocycles. The smallest absolute Gasteiger partial charge is 0.232 e. The van der Waals surface area contributed by atoms with Gasteiger partial charge >= 0.3 is 0 Å². The van der Waals surface area contributed by atoms with Crippen LogP contribution in [0.5, 0.6) is 0 Å². The zero-order chi connectivity index (χ0) is 18.1. The molecule has 2 N–H and O–H groups in total. The van der Waals surface area contributed by atoms with E-state index < -0.39 is 11.7 Å². The van der Waals surface area contributed by atoms with Gasteiger partial charge in [0, 0.05) is 30.2 Å². The second-order valence-corrected chi connectivity index (χ2v) is 6.02. The Kier molecular flexibility index (Phi) is 3.96. The van der Waals surface area contributed by atoms with Crippen LogP contribution in [0.3, 0.4) is 0 Å². The van der Waals surface area contributed by atoms with Gasteiger partial charge in [-0.2, -0.15) is 0 Å². The van der Waals surface area contributed by atoms with E-state index in [9.17, 15) is 14.0 Å². The van der Waals surface area contributed by atoms with E-state index in [1.165, 1.54) is 12.4 Å². The first-order valence-electron chi connectivity index (χ1n) is 8.09. The van der Waals surface area contributed by atoms with Crippen LogP contribution >= 0.6 is 0 Å². The SMILES string of the molecule is O=C1CC(C(=O)Nc2ccc(-n3ccnc3)c(F)c2)c2ccccc2N1. The van der Waals surface area contributed by atoms with Gasteiger partial charge in [0.2, 0.25) is 11.8 Å². The van der Waals surface area contributed by atoms with Gasteiger partial charge in [0.05, 0.1) is 17.9 Å². The number of nitrogens with zero attached hydrogens (tertiary/aromatic N) is 2. The Morgan fingerprint density at radius 1 is 1.27 bits per heavy atom. The Labute approximate surface area is 148 Å². The maximum absolute atomic E-state index is 14.3. The zero-order valence-corrected chi connectivity index (χ0v) is 13.6. The van der Waals surface area contributed by atoms with Gasteiger partial charge < -0.3 is 15.2 Å². The number of aromatic nitrogens is 2. The molecule has 2 amide bonds. The molecule has 1 aliphatic rings. The van der Waals surface area contributed by atoms with Gasteiger partial charge in [0.15, 0.2) is 0 Å². The van der Waals surface area contributed by atoms with Crippen molar-refractivity contribution < 1.29 is 14.0 Å². The number of anilines is 2. The van der Waals surface area contributed by atoms with Crippen LogP contribution in [0, 0.1) is 5.82 Å². The van der Waals surface area contributed by atoms with E-state index in [1.54, 1.807) is 41.2 Å². The molecule has 7 heteroatoms. The molecule has 3 aromatic rings. The number of amides is 2. The number of hydrogen-bond donors (Lipinski definition) is 2. The number of imidazole rings is 1. The Bertz CT molecular complexity index is 985. The van der Waals surface area contributed by atoms with Crippen molar-refractivity contribution in [3.63, 3.8) is 0 Å². The average Bonchev–Trinajstić information content (AvgIpc) is 3.15. The Hall–Kier alpha value is -3.48. The minimum absolute atomic E-state index is 0.0540. The summed E-state index contributed by atoms with van der Waals surface area (Å²) in [5.41, 5.74) is 2.05. The molecular formula is C19H15FN4O2. The fraction of sp³-hybridized carbons (Fsp3) is 0.105. The number of fused-ring (bicyclic) bond motifs is 1. The van der Waals surface area contributed by atoms with Crippen LogP contribution in [0.1, 0.15) is 17.9 Å². The average molecular weight is 350 g/mol. The van der Waals surface area contributed by atoms with E-state index in [0.717, 1.165) is 5.56 Å². The number of carbonyl (C=O) groups excluding carboxylic acids is 2. The maximum atomic E-state index is 14.3.